The Kier molecular flexibility index (Phi) is 3.98. The van der Waals surface area contributed by atoms with Gasteiger partial charge < -0.3 is 15.5 Å². The Balaban J connectivity index is 1.51. The van der Waals surface area contributed by atoms with Crippen molar-refractivity contribution in [2.45, 2.75) is 25.7 Å². The Morgan fingerprint density at radius 1 is 1.12 bits per heavy atom. The molecular formula is C17H20N6O. The fraction of sp³-hybridized carbons (Fsp3) is 0.412. The topological polar surface area (TPSA) is 83.0 Å². The number of piperazine rings is 1. The summed E-state index contributed by atoms with van der Waals surface area (Å²) < 4.78 is 0. The quantitative estimate of drug-likeness (QED) is 0.889. The van der Waals surface area contributed by atoms with Gasteiger partial charge >= 0.3 is 0 Å². The molecule has 0 bridgehead atoms. The molecule has 2 aliphatic rings. The number of aryl methyl sites for hydroxylation is 1. The number of hydrogen-bond donors (Lipinski definition) is 2. The number of nitrogens with zero attached hydrogens (tertiary/aromatic N) is 4. The maximum absolute atomic E-state index is 11.5. The van der Waals surface area contributed by atoms with Crippen molar-refractivity contribution in [1.82, 2.24) is 20.3 Å². The molecule has 0 radical (unpaired) electrons. The standard InChI is InChI=1S/C17H20N6O/c24-16-10-23(8-7-18-16)15-6-5-12(9-19-15)22-17-13-3-1-2-4-14(13)20-11-21-17/h5-6,9,11H,1-4,7-8,10H2,(H,18,24)(H,20,21,22). The highest BCUT2D eigenvalue weighted by molar-refractivity contribution is 5.82. The van der Waals surface area contributed by atoms with Crippen molar-refractivity contribution >= 4 is 23.2 Å². The largest absolute Gasteiger partial charge is 0.353 e. The van der Waals surface area contributed by atoms with Gasteiger partial charge in [0.05, 0.1) is 18.4 Å². The zero-order valence-electron chi connectivity index (χ0n) is 13.5. The molecule has 124 valence electrons. The Bertz CT molecular complexity index is 745. The molecule has 4 rings (SSSR count). The molecule has 0 spiro atoms. The Hall–Kier alpha value is -2.70. The molecule has 1 amide bonds. The van der Waals surface area contributed by atoms with Crippen LogP contribution in [0.2, 0.25) is 0 Å². The second-order valence-electron chi connectivity index (χ2n) is 6.16. The van der Waals surface area contributed by atoms with Gasteiger partial charge in [0.1, 0.15) is 18.0 Å². The third-order valence-electron chi connectivity index (χ3n) is 4.50. The summed E-state index contributed by atoms with van der Waals surface area (Å²) in [7, 11) is 0. The number of rotatable bonds is 3. The van der Waals surface area contributed by atoms with E-state index in [9.17, 15) is 4.79 Å². The van der Waals surface area contributed by atoms with Gasteiger partial charge in [0.2, 0.25) is 5.91 Å². The normalized spacial score (nSPS) is 17.2. The van der Waals surface area contributed by atoms with E-state index in [0.29, 0.717) is 13.1 Å². The van der Waals surface area contributed by atoms with E-state index in [2.05, 4.69) is 25.6 Å². The number of anilines is 3. The summed E-state index contributed by atoms with van der Waals surface area (Å²) in [5, 5.41) is 6.18. The molecule has 24 heavy (non-hydrogen) atoms. The average molecular weight is 324 g/mol. The second kappa shape index (κ2) is 6.43. The Labute approximate surface area is 140 Å². The predicted molar refractivity (Wildman–Crippen MR) is 91.4 cm³/mol. The molecule has 2 N–H and O–H groups in total. The monoisotopic (exact) mass is 324 g/mol. The summed E-state index contributed by atoms with van der Waals surface area (Å²) in [4.78, 5) is 26.7. The summed E-state index contributed by atoms with van der Waals surface area (Å²) in [5.41, 5.74) is 3.27. The summed E-state index contributed by atoms with van der Waals surface area (Å²) in [6.45, 7) is 1.80. The molecule has 1 aliphatic heterocycles. The third kappa shape index (κ3) is 3.02. The van der Waals surface area contributed by atoms with Gasteiger partial charge in [0, 0.05) is 24.3 Å². The smallest absolute Gasteiger partial charge is 0.239 e. The van der Waals surface area contributed by atoms with Crippen molar-refractivity contribution < 1.29 is 4.79 Å². The van der Waals surface area contributed by atoms with E-state index in [1.165, 1.54) is 18.4 Å². The lowest BCUT2D eigenvalue weighted by Crippen LogP contribution is -2.48. The molecule has 2 aromatic rings. The maximum Gasteiger partial charge on any atom is 0.239 e. The van der Waals surface area contributed by atoms with Gasteiger partial charge in [-0.25, -0.2) is 15.0 Å². The fourth-order valence-electron chi connectivity index (χ4n) is 3.25. The molecule has 7 nitrogen and oxygen atoms in total. The van der Waals surface area contributed by atoms with Crippen LogP contribution in [0.5, 0.6) is 0 Å². The lowest BCUT2D eigenvalue weighted by atomic mass is 9.96. The molecule has 7 heteroatoms. The van der Waals surface area contributed by atoms with Gasteiger partial charge in [-0.15, -0.1) is 0 Å². The summed E-state index contributed by atoms with van der Waals surface area (Å²) in [6, 6.07) is 3.92. The lowest BCUT2D eigenvalue weighted by molar-refractivity contribution is -0.120. The molecule has 0 atom stereocenters. The van der Waals surface area contributed by atoms with Crippen LogP contribution in [0.4, 0.5) is 17.3 Å². The van der Waals surface area contributed by atoms with Crippen molar-refractivity contribution in [2.75, 3.05) is 29.9 Å². The summed E-state index contributed by atoms with van der Waals surface area (Å²) in [5.74, 6) is 1.74. The molecule has 0 saturated carbocycles. The van der Waals surface area contributed by atoms with Crippen LogP contribution in [0.1, 0.15) is 24.1 Å². The Morgan fingerprint density at radius 2 is 2.04 bits per heavy atom. The van der Waals surface area contributed by atoms with Crippen LogP contribution >= 0.6 is 0 Å². The van der Waals surface area contributed by atoms with Gasteiger partial charge in [-0.05, 0) is 37.8 Å². The van der Waals surface area contributed by atoms with Crippen molar-refractivity contribution in [3.63, 3.8) is 0 Å². The molecule has 0 unspecified atom stereocenters. The molecular weight excluding hydrogens is 304 g/mol. The second-order valence-corrected chi connectivity index (χ2v) is 6.16. The molecule has 1 aliphatic carbocycles. The van der Waals surface area contributed by atoms with E-state index >= 15 is 0 Å². The van der Waals surface area contributed by atoms with Crippen LogP contribution in [0.25, 0.3) is 0 Å². The van der Waals surface area contributed by atoms with Gasteiger partial charge in [-0.1, -0.05) is 0 Å². The van der Waals surface area contributed by atoms with E-state index < -0.39 is 0 Å². The summed E-state index contributed by atoms with van der Waals surface area (Å²) in [6.07, 6.45) is 7.85. The van der Waals surface area contributed by atoms with E-state index in [0.717, 1.165) is 42.4 Å². The fourth-order valence-corrected chi connectivity index (χ4v) is 3.25. The number of pyridine rings is 1. The number of fused-ring (bicyclic) bond motifs is 1. The minimum absolute atomic E-state index is 0.0397. The first-order chi connectivity index (χ1) is 11.8. The van der Waals surface area contributed by atoms with Gasteiger partial charge in [-0.3, -0.25) is 4.79 Å². The summed E-state index contributed by atoms with van der Waals surface area (Å²) >= 11 is 0. The molecule has 1 fully saturated rings. The number of amides is 1. The minimum atomic E-state index is 0.0397. The van der Waals surface area contributed by atoms with Crippen LogP contribution in [-0.2, 0) is 17.6 Å². The van der Waals surface area contributed by atoms with Crippen molar-refractivity contribution in [3.8, 4) is 0 Å². The molecule has 2 aromatic heterocycles. The van der Waals surface area contributed by atoms with E-state index in [1.807, 2.05) is 17.0 Å². The van der Waals surface area contributed by atoms with Crippen LogP contribution in [0, 0.1) is 0 Å². The lowest BCUT2D eigenvalue weighted by Gasteiger charge is -2.27. The van der Waals surface area contributed by atoms with Crippen molar-refractivity contribution in [2.24, 2.45) is 0 Å². The number of carbonyl (C=O) groups excluding carboxylic acids is 1. The zero-order chi connectivity index (χ0) is 16.4. The number of aromatic nitrogens is 3. The first-order valence-corrected chi connectivity index (χ1v) is 8.37. The Morgan fingerprint density at radius 3 is 2.88 bits per heavy atom. The van der Waals surface area contributed by atoms with Crippen molar-refractivity contribution in [1.29, 1.82) is 0 Å². The van der Waals surface area contributed by atoms with E-state index in [-0.39, 0.29) is 5.91 Å². The zero-order valence-corrected chi connectivity index (χ0v) is 13.5. The highest BCUT2D eigenvalue weighted by Gasteiger charge is 2.18. The number of hydrogen-bond acceptors (Lipinski definition) is 6. The average Bonchev–Trinajstić information content (AvgIpc) is 2.63. The van der Waals surface area contributed by atoms with Gasteiger partial charge in [-0.2, -0.15) is 0 Å². The van der Waals surface area contributed by atoms with Gasteiger partial charge in [0.25, 0.3) is 0 Å². The van der Waals surface area contributed by atoms with Crippen LogP contribution in [0.3, 0.4) is 0 Å². The minimum Gasteiger partial charge on any atom is -0.353 e. The van der Waals surface area contributed by atoms with Gasteiger partial charge in [0.15, 0.2) is 0 Å². The maximum atomic E-state index is 11.5. The number of nitrogens with one attached hydrogen (secondary N) is 2. The highest BCUT2D eigenvalue weighted by Crippen LogP contribution is 2.27. The first kappa shape index (κ1) is 14.9. The van der Waals surface area contributed by atoms with Crippen LogP contribution in [-0.4, -0.2) is 40.5 Å². The SMILES string of the molecule is O=C1CN(c2ccc(Nc3ncnc4c3CCCC4)cn2)CCN1. The third-order valence-corrected chi connectivity index (χ3v) is 4.50. The van der Waals surface area contributed by atoms with Crippen LogP contribution < -0.4 is 15.5 Å². The molecule has 3 heterocycles. The predicted octanol–water partition coefficient (Wildman–Crippen LogP) is 1.43. The van der Waals surface area contributed by atoms with E-state index in [1.54, 1.807) is 12.5 Å². The molecule has 1 saturated heterocycles. The molecule has 0 aromatic carbocycles. The van der Waals surface area contributed by atoms with Crippen LogP contribution in [0.15, 0.2) is 24.7 Å². The van der Waals surface area contributed by atoms with Crippen molar-refractivity contribution in [3.05, 3.63) is 35.9 Å². The first-order valence-electron chi connectivity index (χ1n) is 8.37. The number of carbonyl (C=O) groups is 1. The van der Waals surface area contributed by atoms with E-state index in [4.69, 9.17) is 0 Å². The highest BCUT2D eigenvalue weighted by atomic mass is 16.2.